The van der Waals surface area contributed by atoms with E-state index in [-0.39, 0.29) is 23.1 Å². The molecule has 0 unspecified atom stereocenters. The van der Waals surface area contributed by atoms with Gasteiger partial charge in [0, 0.05) is 36.4 Å². The molecule has 0 fully saturated rings. The van der Waals surface area contributed by atoms with Crippen LogP contribution >= 0.6 is 11.3 Å². The number of carbonyl (C=O) groups is 1. The Labute approximate surface area is 192 Å². The standard InChI is InChI=1S/C22H26N4O4S2/c1-5-30-20-10-9-17(12-21(20)32(28,29)26(3)4)23-13-22(27)25-18-8-6-7-16(11-18)19-14-31-15(2)24-19/h6-12,14,23H,5,13H2,1-4H3,(H,25,27). The Morgan fingerprint density at radius 1 is 1.16 bits per heavy atom. The van der Waals surface area contributed by atoms with Crippen molar-refractivity contribution in [3.63, 3.8) is 0 Å². The number of aryl methyl sites for hydroxylation is 1. The molecule has 0 radical (unpaired) electrons. The summed E-state index contributed by atoms with van der Waals surface area (Å²) in [6.07, 6.45) is 0. The third-order valence-electron chi connectivity index (χ3n) is 4.52. The molecule has 0 aliphatic heterocycles. The van der Waals surface area contributed by atoms with Crippen LogP contribution in [0.1, 0.15) is 11.9 Å². The summed E-state index contributed by atoms with van der Waals surface area (Å²) in [5.41, 5.74) is 2.94. The maximum Gasteiger partial charge on any atom is 0.246 e. The zero-order valence-electron chi connectivity index (χ0n) is 18.4. The quantitative estimate of drug-likeness (QED) is 0.489. The zero-order valence-corrected chi connectivity index (χ0v) is 20.0. The summed E-state index contributed by atoms with van der Waals surface area (Å²) in [7, 11) is -0.790. The molecule has 0 atom stereocenters. The smallest absolute Gasteiger partial charge is 0.246 e. The van der Waals surface area contributed by atoms with Crippen molar-refractivity contribution in [2.24, 2.45) is 0 Å². The fraction of sp³-hybridized carbons (Fsp3) is 0.273. The van der Waals surface area contributed by atoms with E-state index < -0.39 is 10.0 Å². The van der Waals surface area contributed by atoms with Gasteiger partial charge in [0.15, 0.2) is 0 Å². The highest BCUT2D eigenvalue weighted by Gasteiger charge is 2.23. The van der Waals surface area contributed by atoms with Crippen molar-refractivity contribution >= 4 is 38.6 Å². The summed E-state index contributed by atoms with van der Waals surface area (Å²) in [6.45, 7) is 4.04. The van der Waals surface area contributed by atoms with Crippen LogP contribution in [0.4, 0.5) is 11.4 Å². The summed E-state index contributed by atoms with van der Waals surface area (Å²) in [6, 6.07) is 12.2. The average Bonchev–Trinajstić information content (AvgIpc) is 3.19. The van der Waals surface area contributed by atoms with Gasteiger partial charge < -0.3 is 15.4 Å². The number of benzene rings is 2. The number of aromatic nitrogens is 1. The maximum absolute atomic E-state index is 12.6. The second kappa shape index (κ2) is 10.1. The second-order valence-corrected chi connectivity index (χ2v) is 10.3. The molecule has 2 N–H and O–H groups in total. The van der Waals surface area contributed by atoms with Crippen LogP contribution in [0, 0.1) is 6.92 Å². The van der Waals surface area contributed by atoms with Crippen molar-refractivity contribution in [1.29, 1.82) is 0 Å². The topological polar surface area (TPSA) is 101 Å². The lowest BCUT2D eigenvalue weighted by atomic mass is 10.1. The van der Waals surface area contributed by atoms with Crippen LogP contribution in [0.3, 0.4) is 0 Å². The van der Waals surface area contributed by atoms with E-state index in [2.05, 4.69) is 15.6 Å². The number of nitrogens with zero attached hydrogens (tertiary/aromatic N) is 2. The van der Waals surface area contributed by atoms with Crippen molar-refractivity contribution in [3.8, 4) is 17.0 Å². The van der Waals surface area contributed by atoms with Gasteiger partial charge in [-0.3, -0.25) is 4.79 Å². The number of carbonyl (C=O) groups excluding carboxylic acids is 1. The monoisotopic (exact) mass is 474 g/mol. The van der Waals surface area contributed by atoms with E-state index in [9.17, 15) is 13.2 Å². The van der Waals surface area contributed by atoms with Gasteiger partial charge in [-0.25, -0.2) is 17.7 Å². The van der Waals surface area contributed by atoms with E-state index in [0.29, 0.717) is 18.0 Å². The Bertz CT molecular complexity index is 1210. The third kappa shape index (κ3) is 5.64. The number of hydrogen-bond acceptors (Lipinski definition) is 7. The molecule has 0 saturated carbocycles. The van der Waals surface area contributed by atoms with E-state index >= 15 is 0 Å². The molecular formula is C22H26N4O4S2. The van der Waals surface area contributed by atoms with E-state index in [1.165, 1.54) is 20.2 Å². The minimum Gasteiger partial charge on any atom is -0.492 e. The van der Waals surface area contributed by atoms with Crippen LogP contribution in [0.5, 0.6) is 5.75 Å². The van der Waals surface area contributed by atoms with Gasteiger partial charge in [0.1, 0.15) is 10.6 Å². The fourth-order valence-electron chi connectivity index (χ4n) is 2.93. The number of nitrogens with one attached hydrogen (secondary N) is 2. The highest BCUT2D eigenvalue weighted by molar-refractivity contribution is 7.89. The van der Waals surface area contributed by atoms with E-state index in [4.69, 9.17) is 4.74 Å². The minimum atomic E-state index is -3.71. The molecule has 0 bridgehead atoms. The Morgan fingerprint density at radius 2 is 1.94 bits per heavy atom. The lowest BCUT2D eigenvalue weighted by molar-refractivity contribution is -0.114. The largest absolute Gasteiger partial charge is 0.492 e. The molecule has 1 aromatic heterocycles. The number of hydrogen-bond donors (Lipinski definition) is 2. The average molecular weight is 475 g/mol. The van der Waals surface area contributed by atoms with Gasteiger partial charge >= 0.3 is 0 Å². The summed E-state index contributed by atoms with van der Waals surface area (Å²) < 4.78 is 31.9. The zero-order chi connectivity index (χ0) is 23.3. The van der Waals surface area contributed by atoms with Gasteiger partial charge in [0.25, 0.3) is 0 Å². The third-order valence-corrected chi connectivity index (χ3v) is 7.13. The number of sulfonamides is 1. The molecule has 3 aromatic rings. The molecule has 1 amide bonds. The van der Waals surface area contributed by atoms with E-state index in [1.807, 2.05) is 30.5 Å². The molecule has 170 valence electrons. The number of anilines is 2. The summed E-state index contributed by atoms with van der Waals surface area (Å²) in [5.74, 6) is 0.00722. The second-order valence-electron chi connectivity index (χ2n) is 7.12. The molecule has 32 heavy (non-hydrogen) atoms. The van der Waals surface area contributed by atoms with E-state index in [0.717, 1.165) is 20.6 Å². The van der Waals surface area contributed by atoms with E-state index in [1.54, 1.807) is 36.5 Å². The van der Waals surface area contributed by atoms with Crippen LogP contribution in [-0.4, -0.2) is 50.9 Å². The molecule has 8 nitrogen and oxygen atoms in total. The fourth-order valence-corrected chi connectivity index (χ4v) is 4.60. The van der Waals surface area contributed by atoms with Crippen LogP contribution < -0.4 is 15.4 Å². The predicted molar refractivity (Wildman–Crippen MR) is 128 cm³/mol. The van der Waals surface area contributed by atoms with Crippen molar-refractivity contribution in [2.75, 3.05) is 37.9 Å². The van der Waals surface area contributed by atoms with Gasteiger partial charge in [-0.15, -0.1) is 11.3 Å². The van der Waals surface area contributed by atoms with Crippen LogP contribution in [0.2, 0.25) is 0 Å². The molecule has 0 aliphatic carbocycles. The van der Waals surface area contributed by atoms with Crippen molar-refractivity contribution in [3.05, 3.63) is 52.9 Å². The summed E-state index contributed by atoms with van der Waals surface area (Å²) in [4.78, 5) is 17.0. The summed E-state index contributed by atoms with van der Waals surface area (Å²) in [5, 5.41) is 8.77. The highest BCUT2D eigenvalue weighted by Crippen LogP contribution is 2.29. The normalized spacial score (nSPS) is 11.4. The SMILES string of the molecule is CCOc1ccc(NCC(=O)Nc2cccc(-c3csc(C)n3)c2)cc1S(=O)(=O)N(C)C. The number of rotatable bonds is 9. The van der Waals surface area contributed by atoms with Gasteiger partial charge in [0.2, 0.25) is 15.9 Å². The first-order valence-electron chi connectivity index (χ1n) is 9.96. The molecule has 0 aliphatic rings. The van der Waals surface area contributed by atoms with Gasteiger partial charge in [0.05, 0.1) is 23.9 Å². The van der Waals surface area contributed by atoms with Crippen LogP contribution in [-0.2, 0) is 14.8 Å². The van der Waals surface area contributed by atoms with Crippen molar-refractivity contribution in [1.82, 2.24) is 9.29 Å². The first-order valence-corrected chi connectivity index (χ1v) is 12.3. The Morgan fingerprint density at radius 3 is 2.59 bits per heavy atom. The molecule has 2 aromatic carbocycles. The minimum absolute atomic E-state index is 0.0323. The van der Waals surface area contributed by atoms with Crippen molar-refractivity contribution in [2.45, 2.75) is 18.7 Å². The predicted octanol–water partition coefficient (Wildman–Crippen LogP) is 3.82. The van der Waals surface area contributed by atoms with Crippen LogP contribution in [0.15, 0.2) is 52.7 Å². The molecule has 0 saturated heterocycles. The molecular weight excluding hydrogens is 448 g/mol. The molecule has 10 heteroatoms. The number of ether oxygens (including phenoxy) is 1. The van der Waals surface area contributed by atoms with Crippen molar-refractivity contribution < 1.29 is 17.9 Å². The first-order chi connectivity index (χ1) is 15.2. The van der Waals surface area contributed by atoms with Gasteiger partial charge in [-0.05, 0) is 44.2 Å². The molecule has 0 spiro atoms. The van der Waals surface area contributed by atoms with Gasteiger partial charge in [-0.2, -0.15) is 0 Å². The molecule has 1 heterocycles. The van der Waals surface area contributed by atoms with Gasteiger partial charge in [-0.1, -0.05) is 12.1 Å². The lowest BCUT2D eigenvalue weighted by Crippen LogP contribution is -2.24. The Balaban J connectivity index is 1.70. The summed E-state index contributed by atoms with van der Waals surface area (Å²) >= 11 is 1.57. The molecule has 3 rings (SSSR count). The maximum atomic E-state index is 12.6. The highest BCUT2D eigenvalue weighted by atomic mass is 32.2. The Hall–Kier alpha value is -2.95. The van der Waals surface area contributed by atoms with Crippen LogP contribution in [0.25, 0.3) is 11.3 Å². The Kier molecular flexibility index (Phi) is 7.49. The first kappa shape index (κ1) is 23.7. The lowest BCUT2D eigenvalue weighted by Gasteiger charge is -2.17. The number of thiazole rings is 1. The number of amides is 1.